The zero-order valence-corrected chi connectivity index (χ0v) is 13.7. The Labute approximate surface area is 140 Å². The second-order valence-corrected chi connectivity index (χ2v) is 5.65. The van der Waals surface area contributed by atoms with Crippen LogP contribution in [-0.2, 0) is 6.54 Å². The van der Waals surface area contributed by atoms with Crippen LogP contribution >= 0.6 is 0 Å². The maximum absolute atomic E-state index is 12.6. The standard InChI is InChI=1S/C19H19N3O2/c1-22(12-13-3-8-16(24-2)9-4-13)19(23)15-6-5-14-7-10-18(20)21-17(14)11-15/h3-11H,12H2,1-2H3,(H2,20,21). The minimum atomic E-state index is -0.0584. The summed E-state index contributed by atoms with van der Waals surface area (Å²) >= 11 is 0. The van der Waals surface area contributed by atoms with Gasteiger partial charge < -0.3 is 15.4 Å². The molecule has 1 aromatic heterocycles. The maximum Gasteiger partial charge on any atom is 0.253 e. The number of carbonyl (C=O) groups is 1. The van der Waals surface area contributed by atoms with Crippen LogP contribution in [-0.4, -0.2) is 29.9 Å². The molecule has 3 aromatic rings. The van der Waals surface area contributed by atoms with Crippen LogP contribution in [0.4, 0.5) is 5.82 Å². The zero-order valence-electron chi connectivity index (χ0n) is 13.7. The quantitative estimate of drug-likeness (QED) is 0.802. The van der Waals surface area contributed by atoms with Crippen molar-refractivity contribution in [3.63, 3.8) is 0 Å². The summed E-state index contributed by atoms with van der Waals surface area (Å²) in [5.41, 5.74) is 8.07. The number of nitrogens with two attached hydrogens (primary N) is 1. The van der Waals surface area contributed by atoms with Gasteiger partial charge in [-0.05, 0) is 42.0 Å². The third-order valence-corrected chi connectivity index (χ3v) is 3.89. The molecule has 0 saturated carbocycles. The van der Waals surface area contributed by atoms with Crippen LogP contribution in [0.15, 0.2) is 54.6 Å². The van der Waals surface area contributed by atoms with E-state index in [4.69, 9.17) is 10.5 Å². The molecular formula is C19H19N3O2. The third kappa shape index (κ3) is 3.30. The molecule has 24 heavy (non-hydrogen) atoms. The number of aromatic nitrogens is 1. The molecule has 2 N–H and O–H groups in total. The van der Waals surface area contributed by atoms with Gasteiger partial charge in [-0.3, -0.25) is 4.79 Å². The van der Waals surface area contributed by atoms with Gasteiger partial charge in [0, 0.05) is 24.5 Å². The summed E-state index contributed by atoms with van der Waals surface area (Å²) in [6, 6.07) is 16.8. The minimum absolute atomic E-state index is 0.0584. The highest BCUT2D eigenvalue weighted by atomic mass is 16.5. The molecule has 1 amide bonds. The molecule has 0 unspecified atom stereocenters. The van der Waals surface area contributed by atoms with Crippen LogP contribution in [0.25, 0.3) is 10.9 Å². The molecule has 3 rings (SSSR count). The van der Waals surface area contributed by atoms with E-state index in [0.717, 1.165) is 22.2 Å². The fraction of sp³-hybridized carbons (Fsp3) is 0.158. The molecule has 0 aliphatic rings. The van der Waals surface area contributed by atoms with Gasteiger partial charge in [0.05, 0.1) is 12.6 Å². The molecule has 0 atom stereocenters. The predicted octanol–water partition coefficient (Wildman–Crippen LogP) is 3.10. The van der Waals surface area contributed by atoms with Gasteiger partial charge in [-0.25, -0.2) is 4.98 Å². The molecule has 0 aliphatic carbocycles. The lowest BCUT2D eigenvalue weighted by atomic mass is 10.1. The highest BCUT2D eigenvalue weighted by Crippen LogP contribution is 2.18. The number of fused-ring (bicyclic) bond motifs is 1. The molecule has 2 aromatic carbocycles. The third-order valence-electron chi connectivity index (χ3n) is 3.89. The molecule has 5 nitrogen and oxygen atoms in total. The molecule has 0 spiro atoms. The second kappa shape index (κ2) is 6.58. The molecule has 0 fully saturated rings. The zero-order chi connectivity index (χ0) is 17.1. The molecule has 122 valence electrons. The molecule has 0 radical (unpaired) electrons. The first-order valence-electron chi connectivity index (χ1n) is 7.61. The molecule has 0 bridgehead atoms. The first-order chi connectivity index (χ1) is 11.6. The van der Waals surface area contributed by atoms with E-state index in [9.17, 15) is 4.79 Å². The van der Waals surface area contributed by atoms with Crippen molar-refractivity contribution in [3.8, 4) is 5.75 Å². The maximum atomic E-state index is 12.6. The number of benzene rings is 2. The van der Waals surface area contributed by atoms with Crippen LogP contribution in [0.3, 0.4) is 0 Å². The number of carbonyl (C=O) groups excluding carboxylic acids is 1. The van der Waals surface area contributed by atoms with Crippen molar-refractivity contribution in [3.05, 3.63) is 65.7 Å². The number of nitrogen functional groups attached to an aromatic ring is 1. The van der Waals surface area contributed by atoms with Crippen molar-refractivity contribution in [2.24, 2.45) is 0 Å². The van der Waals surface area contributed by atoms with Crippen molar-refractivity contribution in [2.75, 3.05) is 19.9 Å². The molecule has 0 aliphatic heterocycles. The van der Waals surface area contributed by atoms with Crippen molar-refractivity contribution in [2.45, 2.75) is 6.54 Å². The number of rotatable bonds is 4. The Kier molecular flexibility index (Phi) is 4.33. The Balaban J connectivity index is 1.79. The van der Waals surface area contributed by atoms with Crippen LogP contribution in [0.2, 0.25) is 0 Å². The van der Waals surface area contributed by atoms with Gasteiger partial charge in [0.25, 0.3) is 5.91 Å². The smallest absolute Gasteiger partial charge is 0.253 e. The normalized spacial score (nSPS) is 10.6. The summed E-state index contributed by atoms with van der Waals surface area (Å²) in [7, 11) is 3.41. The fourth-order valence-electron chi connectivity index (χ4n) is 2.56. The summed E-state index contributed by atoms with van der Waals surface area (Å²) in [6.07, 6.45) is 0. The molecule has 5 heteroatoms. The van der Waals surface area contributed by atoms with E-state index in [2.05, 4.69) is 4.98 Å². The van der Waals surface area contributed by atoms with Crippen molar-refractivity contribution in [1.29, 1.82) is 0 Å². The van der Waals surface area contributed by atoms with Crippen LogP contribution < -0.4 is 10.5 Å². The second-order valence-electron chi connectivity index (χ2n) is 5.65. The fourth-order valence-corrected chi connectivity index (χ4v) is 2.56. The highest BCUT2D eigenvalue weighted by molar-refractivity contribution is 5.97. The van der Waals surface area contributed by atoms with Crippen LogP contribution in [0, 0.1) is 0 Å². The van der Waals surface area contributed by atoms with E-state index in [1.165, 1.54) is 0 Å². The number of anilines is 1. The average Bonchev–Trinajstić information content (AvgIpc) is 2.61. The number of methoxy groups -OCH3 is 1. The number of pyridine rings is 1. The van der Waals surface area contributed by atoms with Crippen molar-refractivity contribution >= 4 is 22.6 Å². The van der Waals surface area contributed by atoms with Crippen LogP contribution in [0.5, 0.6) is 5.75 Å². The van der Waals surface area contributed by atoms with Crippen molar-refractivity contribution < 1.29 is 9.53 Å². The number of nitrogens with zero attached hydrogens (tertiary/aromatic N) is 2. The van der Waals surface area contributed by atoms with E-state index < -0.39 is 0 Å². The van der Waals surface area contributed by atoms with E-state index in [1.54, 1.807) is 31.2 Å². The first-order valence-corrected chi connectivity index (χ1v) is 7.61. The largest absolute Gasteiger partial charge is 0.497 e. The van der Waals surface area contributed by atoms with Gasteiger partial charge in [-0.1, -0.05) is 18.2 Å². The summed E-state index contributed by atoms with van der Waals surface area (Å²) in [4.78, 5) is 18.6. The van der Waals surface area contributed by atoms with Gasteiger partial charge in [0.1, 0.15) is 11.6 Å². The number of hydrogen-bond donors (Lipinski definition) is 1. The van der Waals surface area contributed by atoms with Gasteiger partial charge in [-0.15, -0.1) is 0 Å². The Bertz CT molecular complexity index is 875. The number of ether oxygens (including phenoxy) is 1. The van der Waals surface area contributed by atoms with Crippen LogP contribution in [0.1, 0.15) is 15.9 Å². The Morgan fingerprint density at radius 3 is 2.54 bits per heavy atom. The van der Waals surface area contributed by atoms with E-state index >= 15 is 0 Å². The summed E-state index contributed by atoms with van der Waals surface area (Å²) in [5, 5.41) is 0.957. The lowest BCUT2D eigenvalue weighted by Gasteiger charge is -2.18. The predicted molar refractivity (Wildman–Crippen MR) is 94.9 cm³/mol. The summed E-state index contributed by atoms with van der Waals surface area (Å²) in [5.74, 6) is 1.18. The minimum Gasteiger partial charge on any atom is -0.497 e. The first kappa shape index (κ1) is 15.8. The van der Waals surface area contributed by atoms with Gasteiger partial charge in [0.2, 0.25) is 0 Å². The topological polar surface area (TPSA) is 68.5 Å². The van der Waals surface area contributed by atoms with E-state index in [-0.39, 0.29) is 5.91 Å². The number of amides is 1. The lowest BCUT2D eigenvalue weighted by molar-refractivity contribution is 0.0785. The summed E-state index contributed by atoms with van der Waals surface area (Å²) in [6.45, 7) is 0.519. The Morgan fingerprint density at radius 2 is 1.83 bits per heavy atom. The van der Waals surface area contributed by atoms with Gasteiger partial charge in [-0.2, -0.15) is 0 Å². The molecule has 0 saturated heterocycles. The lowest BCUT2D eigenvalue weighted by Crippen LogP contribution is -2.26. The average molecular weight is 321 g/mol. The van der Waals surface area contributed by atoms with Gasteiger partial charge >= 0.3 is 0 Å². The monoisotopic (exact) mass is 321 g/mol. The number of hydrogen-bond acceptors (Lipinski definition) is 4. The summed E-state index contributed by atoms with van der Waals surface area (Å²) < 4.78 is 5.14. The van der Waals surface area contributed by atoms with E-state index in [1.807, 2.05) is 42.5 Å². The van der Waals surface area contributed by atoms with Crippen molar-refractivity contribution in [1.82, 2.24) is 9.88 Å². The molecule has 1 heterocycles. The Hall–Kier alpha value is -3.08. The molecular weight excluding hydrogens is 302 g/mol. The highest BCUT2D eigenvalue weighted by Gasteiger charge is 2.13. The van der Waals surface area contributed by atoms with Gasteiger partial charge in [0.15, 0.2) is 0 Å². The van der Waals surface area contributed by atoms with E-state index in [0.29, 0.717) is 17.9 Å². The SMILES string of the molecule is COc1ccc(CN(C)C(=O)c2ccc3ccc(N)nc3c2)cc1. The Morgan fingerprint density at radius 1 is 1.12 bits per heavy atom.